The Kier molecular flexibility index (Phi) is 5.08. The largest absolute Gasteiger partial charge is 0.353 e. The minimum absolute atomic E-state index is 0.0765. The van der Waals surface area contributed by atoms with E-state index in [0.717, 1.165) is 12.1 Å². The van der Waals surface area contributed by atoms with E-state index in [1.165, 1.54) is 25.0 Å². The van der Waals surface area contributed by atoms with Crippen LogP contribution in [0, 0.1) is 0 Å². The number of hydrogen-bond donors (Lipinski definition) is 2. The van der Waals surface area contributed by atoms with Gasteiger partial charge in [0, 0.05) is 11.8 Å². The van der Waals surface area contributed by atoms with E-state index in [-0.39, 0.29) is 5.91 Å². The molecule has 18 heavy (non-hydrogen) atoms. The zero-order valence-corrected chi connectivity index (χ0v) is 11.3. The van der Waals surface area contributed by atoms with E-state index in [1.807, 2.05) is 42.1 Å². The van der Waals surface area contributed by atoms with Crippen LogP contribution in [0.3, 0.4) is 0 Å². The first-order valence-corrected chi connectivity index (χ1v) is 7.52. The Morgan fingerprint density at radius 1 is 1.39 bits per heavy atom. The third-order valence-electron chi connectivity index (χ3n) is 3.22. The number of hydrogen-bond acceptors (Lipinski definition) is 3. The second-order valence-electron chi connectivity index (χ2n) is 4.62. The Balaban J connectivity index is 1.80. The van der Waals surface area contributed by atoms with Gasteiger partial charge < -0.3 is 11.1 Å². The van der Waals surface area contributed by atoms with Gasteiger partial charge in [0.2, 0.25) is 5.91 Å². The molecule has 1 aromatic carbocycles. The fourth-order valence-corrected chi connectivity index (χ4v) is 3.34. The lowest BCUT2D eigenvalue weighted by Gasteiger charge is -2.22. The Morgan fingerprint density at radius 3 is 2.83 bits per heavy atom. The summed E-state index contributed by atoms with van der Waals surface area (Å²) in [6.07, 6.45) is 3.78. The maximum atomic E-state index is 11.9. The summed E-state index contributed by atoms with van der Waals surface area (Å²) in [6.45, 7) is 0.740. The van der Waals surface area contributed by atoms with E-state index in [4.69, 9.17) is 5.73 Å². The monoisotopic (exact) mass is 264 g/mol. The molecule has 3 nitrogen and oxygen atoms in total. The highest BCUT2D eigenvalue weighted by molar-refractivity contribution is 7.99. The SMILES string of the molecule is N[C@H](C(=O)NCC1CCCCS1)c1ccccc1. The van der Waals surface area contributed by atoms with Crippen LogP contribution in [-0.4, -0.2) is 23.5 Å². The van der Waals surface area contributed by atoms with E-state index in [0.29, 0.717) is 5.25 Å². The molecular formula is C14H20N2OS. The second kappa shape index (κ2) is 6.81. The summed E-state index contributed by atoms with van der Waals surface area (Å²) in [5.41, 5.74) is 6.80. The van der Waals surface area contributed by atoms with Gasteiger partial charge in [0.25, 0.3) is 0 Å². The van der Waals surface area contributed by atoms with Gasteiger partial charge >= 0.3 is 0 Å². The van der Waals surface area contributed by atoms with E-state index < -0.39 is 6.04 Å². The smallest absolute Gasteiger partial charge is 0.241 e. The average Bonchev–Trinajstić information content (AvgIpc) is 2.46. The number of nitrogens with one attached hydrogen (secondary N) is 1. The molecular weight excluding hydrogens is 244 g/mol. The van der Waals surface area contributed by atoms with E-state index in [2.05, 4.69) is 5.32 Å². The molecule has 1 aliphatic rings. The minimum atomic E-state index is -0.556. The van der Waals surface area contributed by atoms with Crippen LogP contribution in [0.1, 0.15) is 30.9 Å². The zero-order chi connectivity index (χ0) is 12.8. The summed E-state index contributed by atoms with van der Waals surface area (Å²) >= 11 is 1.96. The van der Waals surface area contributed by atoms with Gasteiger partial charge in [-0.05, 0) is 24.2 Å². The molecule has 1 heterocycles. The maximum absolute atomic E-state index is 11.9. The molecule has 1 amide bonds. The lowest BCUT2D eigenvalue weighted by Crippen LogP contribution is -2.38. The van der Waals surface area contributed by atoms with Gasteiger partial charge in [0.05, 0.1) is 0 Å². The van der Waals surface area contributed by atoms with Crippen molar-refractivity contribution < 1.29 is 4.79 Å². The number of carbonyl (C=O) groups is 1. The minimum Gasteiger partial charge on any atom is -0.353 e. The highest BCUT2D eigenvalue weighted by Gasteiger charge is 2.18. The quantitative estimate of drug-likeness (QED) is 0.875. The fourth-order valence-electron chi connectivity index (χ4n) is 2.10. The van der Waals surface area contributed by atoms with Gasteiger partial charge in [0.15, 0.2) is 0 Å². The van der Waals surface area contributed by atoms with E-state index in [9.17, 15) is 4.79 Å². The average molecular weight is 264 g/mol. The molecule has 0 radical (unpaired) electrons. The van der Waals surface area contributed by atoms with Gasteiger partial charge in [-0.15, -0.1) is 0 Å². The fraction of sp³-hybridized carbons (Fsp3) is 0.500. The number of rotatable bonds is 4. The van der Waals surface area contributed by atoms with Crippen LogP contribution in [0.4, 0.5) is 0 Å². The van der Waals surface area contributed by atoms with Gasteiger partial charge in [0.1, 0.15) is 6.04 Å². The molecule has 1 aromatic rings. The van der Waals surface area contributed by atoms with Crippen molar-refractivity contribution in [2.45, 2.75) is 30.6 Å². The molecule has 2 atom stereocenters. The van der Waals surface area contributed by atoms with Crippen LogP contribution in [0.2, 0.25) is 0 Å². The molecule has 2 rings (SSSR count). The molecule has 3 N–H and O–H groups in total. The predicted octanol–water partition coefficient (Wildman–Crippen LogP) is 2.09. The maximum Gasteiger partial charge on any atom is 0.241 e. The summed E-state index contributed by atoms with van der Waals surface area (Å²) < 4.78 is 0. The van der Waals surface area contributed by atoms with E-state index in [1.54, 1.807) is 0 Å². The van der Waals surface area contributed by atoms with Crippen LogP contribution < -0.4 is 11.1 Å². The van der Waals surface area contributed by atoms with Crippen molar-refractivity contribution in [2.75, 3.05) is 12.3 Å². The molecule has 1 unspecified atom stereocenters. The first-order chi connectivity index (χ1) is 8.77. The topological polar surface area (TPSA) is 55.1 Å². The normalized spacial score (nSPS) is 21.3. The highest BCUT2D eigenvalue weighted by atomic mass is 32.2. The third-order valence-corrected chi connectivity index (χ3v) is 4.62. The summed E-state index contributed by atoms with van der Waals surface area (Å²) in [7, 11) is 0. The molecule has 0 spiro atoms. The second-order valence-corrected chi connectivity index (χ2v) is 6.03. The zero-order valence-electron chi connectivity index (χ0n) is 10.5. The molecule has 1 aliphatic heterocycles. The van der Waals surface area contributed by atoms with Gasteiger partial charge in [-0.25, -0.2) is 0 Å². The molecule has 1 saturated heterocycles. The Morgan fingerprint density at radius 2 is 2.17 bits per heavy atom. The summed E-state index contributed by atoms with van der Waals surface area (Å²) in [5, 5.41) is 3.53. The molecule has 98 valence electrons. The summed E-state index contributed by atoms with van der Waals surface area (Å²) in [5.74, 6) is 1.14. The number of nitrogens with two attached hydrogens (primary N) is 1. The van der Waals surface area contributed by atoms with Crippen LogP contribution in [0.5, 0.6) is 0 Å². The van der Waals surface area contributed by atoms with Gasteiger partial charge in [-0.2, -0.15) is 11.8 Å². The Bertz CT molecular complexity index is 377. The highest BCUT2D eigenvalue weighted by Crippen LogP contribution is 2.24. The summed E-state index contributed by atoms with van der Waals surface area (Å²) in [4.78, 5) is 11.9. The van der Waals surface area contributed by atoms with Crippen molar-refractivity contribution in [3.05, 3.63) is 35.9 Å². The van der Waals surface area contributed by atoms with Crippen molar-refractivity contribution in [1.29, 1.82) is 0 Å². The molecule has 0 aliphatic carbocycles. The lowest BCUT2D eigenvalue weighted by atomic mass is 10.1. The van der Waals surface area contributed by atoms with Crippen molar-refractivity contribution in [2.24, 2.45) is 5.73 Å². The van der Waals surface area contributed by atoms with Gasteiger partial charge in [-0.3, -0.25) is 4.79 Å². The van der Waals surface area contributed by atoms with Crippen molar-refractivity contribution in [3.63, 3.8) is 0 Å². The van der Waals surface area contributed by atoms with Crippen molar-refractivity contribution in [1.82, 2.24) is 5.32 Å². The van der Waals surface area contributed by atoms with Crippen LogP contribution >= 0.6 is 11.8 Å². The molecule has 4 heteroatoms. The first kappa shape index (κ1) is 13.4. The molecule has 1 fully saturated rings. The standard InChI is InChI=1S/C14H20N2OS/c15-13(11-6-2-1-3-7-11)14(17)16-10-12-8-4-5-9-18-12/h1-3,6-7,12-13H,4-5,8-10,15H2,(H,16,17)/t12?,13-/m0/s1. The first-order valence-electron chi connectivity index (χ1n) is 6.47. The number of thioether (sulfide) groups is 1. The Hall–Kier alpha value is -1.00. The van der Waals surface area contributed by atoms with Gasteiger partial charge in [-0.1, -0.05) is 36.8 Å². The van der Waals surface area contributed by atoms with Crippen LogP contribution in [0.15, 0.2) is 30.3 Å². The van der Waals surface area contributed by atoms with Crippen molar-refractivity contribution >= 4 is 17.7 Å². The predicted molar refractivity (Wildman–Crippen MR) is 76.5 cm³/mol. The van der Waals surface area contributed by atoms with Crippen molar-refractivity contribution in [3.8, 4) is 0 Å². The number of carbonyl (C=O) groups excluding carboxylic acids is 1. The van der Waals surface area contributed by atoms with Crippen LogP contribution in [0.25, 0.3) is 0 Å². The Labute approximate surface area is 113 Å². The van der Waals surface area contributed by atoms with E-state index >= 15 is 0 Å². The molecule has 0 saturated carbocycles. The molecule has 0 aromatic heterocycles. The molecule has 0 bridgehead atoms. The summed E-state index contributed by atoms with van der Waals surface area (Å²) in [6, 6.07) is 8.95. The number of benzene rings is 1. The lowest BCUT2D eigenvalue weighted by molar-refractivity contribution is -0.122. The third kappa shape index (κ3) is 3.75. The number of amides is 1. The van der Waals surface area contributed by atoms with Crippen LogP contribution in [-0.2, 0) is 4.79 Å².